The van der Waals surface area contributed by atoms with Crippen LogP contribution in [0.4, 0.5) is 0 Å². The summed E-state index contributed by atoms with van der Waals surface area (Å²) in [5.74, 6) is 0. The lowest BCUT2D eigenvalue weighted by Crippen LogP contribution is -1.90. The maximum atomic E-state index is 9.23. The van der Waals surface area contributed by atoms with Crippen LogP contribution in [0.5, 0.6) is 0 Å². The summed E-state index contributed by atoms with van der Waals surface area (Å²) in [6, 6.07) is 36.2. The van der Waals surface area contributed by atoms with Gasteiger partial charge in [-0.2, -0.15) is 0 Å². The minimum atomic E-state index is -0.430. The lowest BCUT2D eigenvalue weighted by molar-refractivity contribution is 0.669. The highest BCUT2D eigenvalue weighted by atomic mass is 16.3. The van der Waals surface area contributed by atoms with Crippen molar-refractivity contribution in [1.29, 1.82) is 0 Å². The highest BCUT2D eigenvalue weighted by Gasteiger charge is 2.18. The summed E-state index contributed by atoms with van der Waals surface area (Å²) in [6.45, 7) is 0. The second kappa shape index (κ2) is 10.4. The molecule has 0 N–H and O–H groups in total. The van der Waals surface area contributed by atoms with Gasteiger partial charge in [0.1, 0.15) is 11.2 Å². The first-order valence-electron chi connectivity index (χ1n) is 18.8. The van der Waals surface area contributed by atoms with E-state index in [2.05, 4.69) is 42.5 Å². The molecule has 8 aromatic carbocycles. The molecule has 0 unspecified atom stereocenters. The van der Waals surface area contributed by atoms with Crippen LogP contribution in [0.3, 0.4) is 0 Å². The fourth-order valence-electron chi connectivity index (χ4n) is 6.41. The SMILES string of the molecule is [2H]c1c([2H])c([2H])c2c(-c3ccc4oc5ccc(-c6ccc(-c7ccccc7)cc6)cc5c4c3)c3c([2H])c([2H])c([2H])c([2H])c3c(-c3ccccc3)c2c1[2H]. The Bertz CT molecular complexity index is 2870. The normalized spacial score (nSPS) is 14.0. The Labute approximate surface area is 272 Å². The van der Waals surface area contributed by atoms with Gasteiger partial charge in [0.05, 0.1) is 11.0 Å². The average molecular weight is 581 g/mol. The molecule has 0 bridgehead atoms. The van der Waals surface area contributed by atoms with Crippen molar-refractivity contribution < 1.29 is 15.4 Å². The monoisotopic (exact) mass is 580 g/mol. The van der Waals surface area contributed by atoms with Crippen LogP contribution in [-0.2, 0) is 0 Å². The maximum Gasteiger partial charge on any atom is 0.135 e. The van der Waals surface area contributed by atoms with E-state index >= 15 is 0 Å². The zero-order chi connectivity index (χ0) is 36.7. The molecule has 0 aliphatic carbocycles. The predicted octanol–water partition coefficient (Wildman–Crippen LogP) is 12.6. The van der Waals surface area contributed by atoms with Crippen molar-refractivity contribution in [2.45, 2.75) is 0 Å². The largest absolute Gasteiger partial charge is 0.456 e. The minimum absolute atomic E-state index is 0.179. The molecule has 9 rings (SSSR count). The Hall–Kier alpha value is -5.92. The van der Waals surface area contributed by atoms with Gasteiger partial charge in [-0.3, -0.25) is 0 Å². The molecule has 1 nitrogen and oxygen atoms in total. The molecule has 210 valence electrons. The zero-order valence-corrected chi connectivity index (χ0v) is 24.0. The van der Waals surface area contributed by atoms with E-state index in [0.29, 0.717) is 33.4 Å². The minimum Gasteiger partial charge on any atom is -0.456 e. The molecule has 0 aliphatic heterocycles. The summed E-state index contributed by atoms with van der Waals surface area (Å²) in [6.07, 6.45) is 0. The lowest BCUT2D eigenvalue weighted by atomic mass is 9.86. The molecule has 0 saturated heterocycles. The summed E-state index contributed by atoms with van der Waals surface area (Å²) < 4.78 is 77.7. The molecule has 0 fully saturated rings. The zero-order valence-electron chi connectivity index (χ0n) is 32.0. The van der Waals surface area contributed by atoms with Crippen molar-refractivity contribution in [3.8, 4) is 44.5 Å². The first kappa shape index (κ1) is 18.7. The average Bonchev–Trinajstić information content (AvgIpc) is 3.57. The van der Waals surface area contributed by atoms with Crippen LogP contribution in [0.1, 0.15) is 11.0 Å². The van der Waals surface area contributed by atoms with Gasteiger partial charge < -0.3 is 4.42 Å². The molecule has 45 heavy (non-hydrogen) atoms. The van der Waals surface area contributed by atoms with Crippen molar-refractivity contribution >= 4 is 43.5 Å². The molecule has 1 aromatic heterocycles. The van der Waals surface area contributed by atoms with Gasteiger partial charge >= 0.3 is 0 Å². The van der Waals surface area contributed by atoms with Crippen molar-refractivity contribution in [2.75, 3.05) is 0 Å². The van der Waals surface area contributed by atoms with E-state index < -0.39 is 24.2 Å². The van der Waals surface area contributed by atoms with Crippen molar-refractivity contribution in [2.24, 2.45) is 0 Å². The Morgan fingerprint density at radius 1 is 0.333 bits per heavy atom. The van der Waals surface area contributed by atoms with E-state index in [4.69, 9.17) is 12.6 Å². The molecule has 1 heteroatoms. The van der Waals surface area contributed by atoms with Gasteiger partial charge in [0, 0.05) is 10.8 Å². The second-order valence-electron chi connectivity index (χ2n) is 11.1. The van der Waals surface area contributed by atoms with Crippen molar-refractivity contribution in [3.05, 3.63) is 170 Å². The van der Waals surface area contributed by atoms with Gasteiger partial charge in [-0.15, -0.1) is 0 Å². The highest BCUT2D eigenvalue weighted by Crippen LogP contribution is 2.45. The van der Waals surface area contributed by atoms with Crippen LogP contribution in [-0.4, -0.2) is 0 Å². The molecular formula is C44H28O. The second-order valence-corrected chi connectivity index (χ2v) is 11.1. The predicted molar refractivity (Wildman–Crippen MR) is 190 cm³/mol. The summed E-state index contributed by atoms with van der Waals surface area (Å²) in [5.41, 5.74) is 7.27. The number of hydrogen-bond donors (Lipinski definition) is 0. The van der Waals surface area contributed by atoms with Gasteiger partial charge in [0.25, 0.3) is 0 Å². The molecule has 0 atom stereocenters. The molecular weight excluding hydrogens is 544 g/mol. The van der Waals surface area contributed by atoms with E-state index in [0.717, 1.165) is 33.0 Å². The van der Waals surface area contributed by atoms with Crippen LogP contribution in [0, 0.1) is 0 Å². The molecule has 9 aromatic rings. The van der Waals surface area contributed by atoms with Crippen molar-refractivity contribution in [1.82, 2.24) is 0 Å². The number of fused-ring (bicyclic) bond motifs is 5. The fraction of sp³-hybridized carbons (Fsp3) is 0. The highest BCUT2D eigenvalue weighted by molar-refractivity contribution is 6.22. The van der Waals surface area contributed by atoms with Gasteiger partial charge in [0.2, 0.25) is 0 Å². The Kier molecular flexibility index (Phi) is 4.30. The molecule has 0 radical (unpaired) electrons. The topological polar surface area (TPSA) is 13.1 Å². The Morgan fingerprint density at radius 3 is 1.24 bits per heavy atom. The summed E-state index contributed by atoms with van der Waals surface area (Å²) in [4.78, 5) is 0. The standard InChI is InChI=1S/C44H28O/c1-3-11-29(12-4-1)30-19-21-31(22-20-30)33-23-25-41-39(27-33)40-28-34(24-26-42(40)45-41)44-37-17-9-7-15-35(37)43(32-13-5-2-6-14-32)36-16-8-10-18-38(36)44/h1-28H/i7D,8D,9D,10D,15D,16D,17D,18D. The van der Waals surface area contributed by atoms with E-state index in [-0.39, 0.29) is 45.7 Å². The molecule has 0 saturated carbocycles. The maximum absolute atomic E-state index is 9.23. The van der Waals surface area contributed by atoms with E-state index in [1.54, 1.807) is 36.4 Å². The van der Waals surface area contributed by atoms with Crippen LogP contribution >= 0.6 is 0 Å². The first-order chi connectivity index (χ1) is 25.6. The van der Waals surface area contributed by atoms with Crippen LogP contribution in [0.25, 0.3) is 88.0 Å². The van der Waals surface area contributed by atoms with Gasteiger partial charge in [-0.25, -0.2) is 0 Å². The Balaban J connectivity index is 1.35. The van der Waals surface area contributed by atoms with E-state index in [9.17, 15) is 2.74 Å². The number of rotatable bonds is 4. The third-order valence-corrected chi connectivity index (χ3v) is 8.52. The third kappa shape index (κ3) is 4.24. The number of hydrogen-bond acceptors (Lipinski definition) is 1. The van der Waals surface area contributed by atoms with Crippen LogP contribution in [0.2, 0.25) is 0 Å². The summed E-state index contributed by atoms with van der Waals surface area (Å²) in [7, 11) is 0. The third-order valence-electron chi connectivity index (χ3n) is 8.52. The molecule has 0 amide bonds. The molecule has 0 aliphatic rings. The van der Waals surface area contributed by atoms with Gasteiger partial charge in [0.15, 0.2) is 0 Å². The lowest BCUT2D eigenvalue weighted by Gasteiger charge is -2.17. The van der Waals surface area contributed by atoms with Crippen LogP contribution < -0.4 is 0 Å². The Morgan fingerprint density at radius 2 is 0.711 bits per heavy atom. The smallest absolute Gasteiger partial charge is 0.135 e. The fourth-order valence-corrected chi connectivity index (χ4v) is 6.41. The van der Waals surface area contributed by atoms with E-state index in [1.165, 1.54) is 0 Å². The first-order valence-corrected chi connectivity index (χ1v) is 14.8. The van der Waals surface area contributed by atoms with Gasteiger partial charge in [-0.05, 0) is 90.3 Å². The molecule has 1 heterocycles. The van der Waals surface area contributed by atoms with Crippen molar-refractivity contribution in [3.63, 3.8) is 0 Å². The number of furan rings is 1. The number of benzene rings is 8. The quantitative estimate of drug-likeness (QED) is 0.189. The summed E-state index contributed by atoms with van der Waals surface area (Å²) in [5, 5.41) is 2.33. The molecule has 0 spiro atoms. The summed E-state index contributed by atoms with van der Waals surface area (Å²) >= 11 is 0. The van der Waals surface area contributed by atoms with Crippen LogP contribution in [0.15, 0.2) is 174 Å². The van der Waals surface area contributed by atoms with E-state index in [1.807, 2.05) is 42.5 Å². The van der Waals surface area contributed by atoms with Gasteiger partial charge in [-0.1, -0.05) is 145 Å².